The predicted molar refractivity (Wildman–Crippen MR) is 97.9 cm³/mol. The van der Waals surface area contributed by atoms with Gasteiger partial charge in [0.2, 0.25) is 0 Å². The summed E-state index contributed by atoms with van der Waals surface area (Å²) < 4.78 is 17.4. The van der Waals surface area contributed by atoms with Gasteiger partial charge in [-0.1, -0.05) is 13.0 Å². The van der Waals surface area contributed by atoms with Gasteiger partial charge in [-0.2, -0.15) is 0 Å². The van der Waals surface area contributed by atoms with Crippen molar-refractivity contribution in [3.05, 3.63) is 11.6 Å². The van der Waals surface area contributed by atoms with Crippen molar-refractivity contribution >= 4 is 11.9 Å². The van der Waals surface area contributed by atoms with E-state index in [2.05, 4.69) is 4.90 Å². The minimum absolute atomic E-state index is 0.0288. The maximum atomic E-state index is 12.8. The largest absolute Gasteiger partial charge is 0.457 e. The first kappa shape index (κ1) is 20.3. The molecule has 7 heteroatoms. The third kappa shape index (κ3) is 4.05. The molecular formula is C20H31NO6. The Bertz CT molecular complexity index is 620. The highest BCUT2D eigenvalue weighted by Crippen LogP contribution is 2.37. The van der Waals surface area contributed by atoms with Gasteiger partial charge in [0.15, 0.2) is 0 Å². The molecule has 3 aliphatic heterocycles. The van der Waals surface area contributed by atoms with Crippen LogP contribution in [0.2, 0.25) is 0 Å². The number of allylic oxidation sites excluding steroid dienone is 1. The zero-order valence-electron chi connectivity index (χ0n) is 16.6. The summed E-state index contributed by atoms with van der Waals surface area (Å²) in [6.07, 6.45) is 2.24. The van der Waals surface area contributed by atoms with Crippen molar-refractivity contribution in [2.24, 2.45) is 11.8 Å². The summed E-state index contributed by atoms with van der Waals surface area (Å²) in [6, 6.07) is -0.0288. The van der Waals surface area contributed by atoms with Gasteiger partial charge in [0.25, 0.3) is 0 Å². The molecule has 3 rings (SSSR count). The summed E-state index contributed by atoms with van der Waals surface area (Å²) in [4.78, 5) is 26.6. The van der Waals surface area contributed by atoms with Crippen molar-refractivity contribution in [2.75, 3.05) is 26.3 Å². The molecule has 27 heavy (non-hydrogen) atoms. The lowest BCUT2D eigenvalue weighted by Gasteiger charge is -2.37. The number of carbonyl (C=O) groups is 2. The van der Waals surface area contributed by atoms with Crippen LogP contribution in [-0.4, -0.2) is 72.1 Å². The summed E-state index contributed by atoms with van der Waals surface area (Å²) in [6.45, 7) is 8.91. The molecule has 0 saturated carbocycles. The van der Waals surface area contributed by atoms with E-state index < -0.39 is 11.7 Å². The molecule has 3 saturated heterocycles. The molecule has 0 aromatic rings. The Kier molecular flexibility index (Phi) is 5.93. The molecule has 0 spiro atoms. The van der Waals surface area contributed by atoms with E-state index in [0.717, 1.165) is 13.0 Å². The highest BCUT2D eigenvalue weighted by atomic mass is 16.6. The lowest BCUT2D eigenvalue weighted by molar-refractivity contribution is -0.171. The number of aliphatic hydroxyl groups excluding tert-OH is 1. The van der Waals surface area contributed by atoms with Crippen LogP contribution < -0.4 is 0 Å². The van der Waals surface area contributed by atoms with Crippen LogP contribution >= 0.6 is 0 Å². The van der Waals surface area contributed by atoms with Gasteiger partial charge >= 0.3 is 11.9 Å². The van der Waals surface area contributed by atoms with Gasteiger partial charge < -0.3 is 19.3 Å². The van der Waals surface area contributed by atoms with Crippen molar-refractivity contribution in [1.82, 2.24) is 4.90 Å². The van der Waals surface area contributed by atoms with E-state index in [1.165, 1.54) is 6.92 Å². The first-order chi connectivity index (χ1) is 12.7. The first-order valence-electron chi connectivity index (χ1n) is 9.80. The number of rotatable bonds is 1. The van der Waals surface area contributed by atoms with E-state index in [1.54, 1.807) is 6.08 Å². The van der Waals surface area contributed by atoms with Crippen LogP contribution in [0.1, 0.15) is 40.5 Å². The lowest BCUT2D eigenvalue weighted by Crippen LogP contribution is -2.46. The molecule has 7 nitrogen and oxygen atoms in total. The molecule has 6 atom stereocenters. The highest BCUT2D eigenvalue weighted by molar-refractivity contribution is 5.88. The third-order valence-corrected chi connectivity index (χ3v) is 6.37. The Morgan fingerprint density at radius 2 is 2.19 bits per heavy atom. The number of aliphatic hydroxyl groups is 1. The zero-order valence-corrected chi connectivity index (χ0v) is 16.6. The molecule has 0 aromatic carbocycles. The van der Waals surface area contributed by atoms with Crippen molar-refractivity contribution < 1.29 is 28.9 Å². The fraction of sp³-hybridized carbons (Fsp3) is 0.800. The minimum Gasteiger partial charge on any atom is -0.457 e. The second kappa shape index (κ2) is 7.89. The summed E-state index contributed by atoms with van der Waals surface area (Å²) in [5, 5.41) is 10.5. The minimum atomic E-state index is -0.863. The Morgan fingerprint density at radius 1 is 1.44 bits per heavy atom. The van der Waals surface area contributed by atoms with Crippen molar-refractivity contribution in [1.29, 1.82) is 0 Å². The predicted octanol–water partition coefficient (Wildman–Crippen LogP) is 1.29. The zero-order chi connectivity index (χ0) is 19.8. The normalized spacial score (nSPS) is 42.2. The number of hydrogen-bond donors (Lipinski definition) is 1. The SMILES string of the molecule is CC=C1CC(C)C(C)(OC(C)=O)COCC2C(O)CN3CCC(OC1=O)C23. The first-order valence-corrected chi connectivity index (χ1v) is 9.80. The Morgan fingerprint density at radius 3 is 2.85 bits per heavy atom. The van der Waals surface area contributed by atoms with E-state index in [9.17, 15) is 14.7 Å². The van der Waals surface area contributed by atoms with Gasteiger partial charge in [-0.3, -0.25) is 9.69 Å². The van der Waals surface area contributed by atoms with Gasteiger partial charge in [0.05, 0.1) is 25.4 Å². The van der Waals surface area contributed by atoms with Crippen molar-refractivity contribution in [2.45, 2.75) is 64.4 Å². The second-order valence-electron chi connectivity index (χ2n) is 8.29. The van der Waals surface area contributed by atoms with E-state index >= 15 is 0 Å². The second-order valence-corrected chi connectivity index (χ2v) is 8.29. The Balaban J connectivity index is 1.88. The highest BCUT2D eigenvalue weighted by Gasteiger charge is 2.51. The van der Waals surface area contributed by atoms with Crippen LogP contribution in [0.3, 0.4) is 0 Å². The van der Waals surface area contributed by atoms with Crippen LogP contribution in [0, 0.1) is 11.8 Å². The van der Waals surface area contributed by atoms with E-state index in [1.807, 2.05) is 20.8 Å². The summed E-state index contributed by atoms with van der Waals surface area (Å²) >= 11 is 0. The van der Waals surface area contributed by atoms with Gasteiger partial charge in [0, 0.05) is 37.4 Å². The van der Waals surface area contributed by atoms with E-state index in [4.69, 9.17) is 14.2 Å². The molecule has 0 aliphatic carbocycles. The maximum absolute atomic E-state index is 12.8. The molecule has 0 bridgehead atoms. The van der Waals surface area contributed by atoms with Crippen molar-refractivity contribution in [3.8, 4) is 0 Å². The Hall–Kier alpha value is -1.44. The van der Waals surface area contributed by atoms with E-state index in [0.29, 0.717) is 25.1 Å². The topological polar surface area (TPSA) is 85.3 Å². The molecule has 3 heterocycles. The average Bonchev–Trinajstić information content (AvgIpc) is 3.10. The van der Waals surface area contributed by atoms with Gasteiger partial charge in [0.1, 0.15) is 11.7 Å². The Labute approximate surface area is 160 Å². The molecule has 1 N–H and O–H groups in total. The molecular weight excluding hydrogens is 350 g/mol. The number of esters is 2. The summed E-state index contributed by atoms with van der Waals surface area (Å²) in [7, 11) is 0. The maximum Gasteiger partial charge on any atom is 0.334 e. The number of ether oxygens (including phenoxy) is 3. The van der Waals surface area contributed by atoms with Crippen LogP contribution in [0.25, 0.3) is 0 Å². The van der Waals surface area contributed by atoms with Gasteiger partial charge in [-0.25, -0.2) is 4.79 Å². The molecule has 3 fully saturated rings. The number of carbonyl (C=O) groups excluding carboxylic acids is 2. The molecule has 0 radical (unpaired) electrons. The van der Waals surface area contributed by atoms with Crippen LogP contribution in [-0.2, 0) is 23.8 Å². The molecule has 0 aromatic heterocycles. The summed E-state index contributed by atoms with van der Waals surface area (Å²) in [5.74, 6) is -0.963. The number of nitrogens with zero attached hydrogens (tertiary/aromatic N) is 1. The fourth-order valence-corrected chi connectivity index (χ4v) is 4.63. The smallest absolute Gasteiger partial charge is 0.334 e. The van der Waals surface area contributed by atoms with Gasteiger partial charge in [-0.15, -0.1) is 0 Å². The molecule has 152 valence electrons. The summed E-state index contributed by atoms with van der Waals surface area (Å²) in [5.41, 5.74) is -0.285. The third-order valence-electron chi connectivity index (χ3n) is 6.37. The lowest BCUT2D eigenvalue weighted by atomic mass is 9.85. The van der Waals surface area contributed by atoms with Crippen molar-refractivity contribution in [3.63, 3.8) is 0 Å². The standard InChI is InChI=1S/C20H31NO6/c1-5-14-8-12(2)20(4,27-13(3)22)11-25-10-15-16(23)9-21-7-6-17(18(15)21)26-19(14)24/h5,12,15-18,23H,6-11H2,1-4H3. The molecule has 0 amide bonds. The van der Waals surface area contributed by atoms with Crippen LogP contribution in [0.5, 0.6) is 0 Å². The average molecular weight is 381 g/mol. The van der Waals surface area contributed by atoms with Gasteiger partial charge in [-0.05, 0) is 26.7 Å². The number of hydrogen-bond acceptors (Lipinski definition) is 7. The van der Waals surface area contributed by atoms with Crippen LogP contribution in [0.4, 0.5) is 0 Å². The molecule has 6 unspecified atom stereocenters. The van der Waals surface area contributed by atoms with Crippen LogP contribution in [0.15, 0.2) is 11.6 Å². The monoisotopic (exact) mass is 381 g/mol. The van der Waals surface area contributed by atoms with E-state index in [-0.39, 0.29) is 42.5 Å². The quantitative estimate of drug-likeness (QED) is 0.541. The fourth-order valence-electron chi connectivity index (χ4n) is 4.63. The molecule has 3 aliphatic rings.